The number of fused-ring (bicyclic) bond motifs is 1. The SMILES string of the molecule is O=c1[nH]c2ccc(S(=O)(=O)Nc3ccc(N4CCOCC4)cc3)cc2[nH]1. The van der Waals surface area contributed by atoms with Crippen molar-refractivity contribution in [2.75, 3.05) is 35.9 Å². The summed E-state index contributed by atoms with van der Waals surface area (Å²) in [5.41, 5.74) is 2.14. The fourth-order valence-electron chi connectivity index (χ4n) is 2.95. The van der Waals surface area contributed by atoms with E-state index in [0.717, 1.165) is 18.8 Å². The van der Waals surface area contributed by atoms with Crippen LogP contribution in [0.2, 0.25) is 0 Å². The van der Waals surface area contributed by atoms with Gasteiger partial charge in [-0.1, -0.05) is 0 Å². The number of anilines is 2. The highest BCUT2D eigenvalue weighted by Crippen LogP contribution is 2.22. The third-order valence-electron chi connectivity index (χ3n) is 4.29. The molecule has 0 spiro atoms. The molecule has 0 aliphatic carbocycles. The molecular formula is C17H18N4O4S. The summed E-state index contributed by atoms with van der Waals surface area (Å²) in [6, 6.07) is 11.7. The summed E-state index contributed by atoms with van der Waals surface area (Å²) in [7, 11) is -3.75. The second-order valence-electron chi connectivity index (χ2n) is 6.04. The molecule has 9 heteroatoms. The highest BCUT2D eigenvalue weighted by atomic mass is 32.2. The first kappa shape index (κ1) is 16.7. The van der Waals surface area contributed by atoms with Crippen molar-refractivity contribution in [3.8, 4) is 0 Å². The number of benzene rings is 2. The fourth-order valence-corrected chi connectivity index (χ4v) is 4.04. The zero-order valence-electron chi connectivity index (χ0n) is 13.9. The van der Waals surface area contributed by atoms with Gasteiger partial charge >= 0.3 is 5.69 Å². The molecule has 0 saturated carbocycles. The Balaban J connectivity index is 1.55. The molecule has 2 heterocycles. The molecule has 26 heavy (non-hydrogen) atoms. The van der Waals surface area contributed by atoms with E-state index >= 15 is 0 Å². The molecule has 1 aromatic heterocycles. The quantitative estimate of drug-likeness (QED) is 0.641. The topological polar surface area (TPSA) is 107 Å². The molecule has 1 aliphatic heterocycles. The second kappa shape index (κ2) is 6.50. The Kier molecular flexibility index (Phi) is 4.17. The lowest BCUT2D eigenvalue weighted by Gasteiger charge is -2.28. The van der Waals surface area contributed by atoms with Crippen LogP contribution in [0, 0.1) is 0 Å². The van der Waals surface area contributed by atoms with Crippen LogP contribution in [0.5, 0.6) is 0 Å². The van der Waals surface area contributed by atoms with Gasteiger partial charge in [-0.15, -0.1) is 0 Å². The van der Waals surface area contributed by atoms with Crippen molar-refractivity contribution in [3.63, 3.8) is 0 Å². The molecule has 4 rings (SSSR count). The van der Waals surface area contributed by atoms with Crippen LogP contribution in [-0.2, 0) is 14.8 Å². The Bertz CT molecular complexity index is 1080. The maximum Gasteiger partial charge on any atom is 0.323 e. The summed E-state index contributed by atoms with van der Waals surface area (Å²) in [5, 5.41) is 0. The van der Waals surface area contributed by atoms with Gasteiger partial charge in [0.15, 0.2) is 0 Å². The number of nitrogens with one attached hydrogen (secondary N) is 3. The average Bonchev–Trinajstić information content (AvgIpc) is 3.02. The van der Waals surface area contributed by atoms with E-state index in [0.29, 0.717) is 29.9 Å². The minimum Gasteiger partial charge on any atom is -0.378 e. The first-order chi connectivity index (χ1) is 12.5. The highest BCUT2D eigenvalue weighted by Gasteiger charge is 2.16. The number of ether oxygens (including phenoxy) is 1. The van der Waals surface area contributed by atoms with Gasteiger partial charge < -0.3 is 19.6 Å². The van der Waals surface area contributed by atoms with Crippen LogP contribution in [0.1, 0.15) is 0 Å². The Hall–Kier alpha value is -2.78. The van der Waals surface area contributed by atoms with Gasteiger partial charge in [-0.25, -0.2) is 13.2 Å². The van der Waals surface area contributed by atoms with Crippen LogP contribution in [0.4, 0.5) is 11.4 Å². The minimum atomic E-state index is -3.75. The zero-order valence-corrected chi connectivity index (χ0v) is 14.7. The van der Waals surface area contributed by atoms with Crippen LogP contribution in [-0.4, -0.2) is 44.7 Å². The van der Waals surface area contributed by atoms with Gasteiger partial charge in [-0.2, -0.15) is 0 Å². The smallest absolute Gasteiger partial charge is 0.323 e. The van der Waals surface area contributed by atoms with Crippen molar-refractivity contribution in [2.24, 2.45) is 0 Å². The van der Waals surface area contributed by atoms with Gasteiger partial charge in [-0.05, 0) is 42.5 Å². The summed E-state index contributed by atoms with van der Waals surface area (Å²) in [6.07, 6.45) is 0. The van der Waals surface area contributed by atoms with Gasteiger partial charge in [0.1, 0.15) is 0 Å². The number of nitrogens with zero attached hydrogens (tertiary/aromatic N) is 1. The molecule has 8 nitrogen and oxygen atoms in total. The number of hydrogen-bond donors (Lipinski definition) is 3. The molecule has 136 valence electrons. The lowest BCUT2D eigenvalue weighted by molar-refractivity contribution is 0.122. The summed E-state index contributed by atoms with van der Waals surface area (Å²) >= 11 is 0. The Morgan fingerprint density at radius 2 is 1.65 bits per heavy atom. The van der Waals surface area contributed by atoms with E-state index in [1.165, 1.54) is 12.1 Å². The molecule has 1 aliphatic rings. The Morgan fingerprint density at radius 3 is 2.38 bits per heavy atom. The third kappa shape index (κ3) is 3.31. The van der Waals surface area contributed by atoms with Crippen LogP contribution in [0.3, 0.4) is 0 Å². The van der Waals surface area contributed by atoms with E-state index < -0.39 is 10.0 Å². The zero-order chi connectivity index (χ0) is 18.1. The molecule has 0 amide bonds. The number of rotatable bonds is 4. The van der Waals surface area contributed by atoms with Crippen LogP contribution in [0.15, 0.2) is 52.2 Å². The van der Waals surface area contributed by atoms with E-state index in [-0.39, 0.29) is 10.6 Å². The minimum absolute atomic E-state index is 0.0810. The number of hydrogen-bond acceptors (Lipinski definition) is 5. The summed E-state index contributed by atoms with van der Waals surface area (Å²) in [6.45, 7) is 3.02. The maximum atomic E-state index is 12.6. The number of aromatic nitrogens is 2. The van der Waals surface area contributed by atoms with E-state index in [1.807, 2.05) is 12.1 Å². The largest absolute Gasteiger partial charge is 0.378 e. The molecule has 2 aromatic carbocycles. The average molecular weight is 374 g/mol. The number of sulfonamides is 1. The number of imidazole rings is 1. The molecule has 0 atom stereocenters. The Labute approximate surface area is 149 Å². The molecule has 0 radical (unpaired) electrons. The molecule has 1 saturated heterocycles. The third-order valence-corrected chi connectivity index (χ3v) is 5.67. The van der Waals surface area contributed by atoms with Gasteiger partial charge in [0.2, 0.25) is 0 Å². The van der Waals surface area contributed by atoms with Gasteiger partial charge in [0.25, 0.3) is 10.0 Å². The van der Waals surface area contributed by atoms with Crippen molar-refractivity contribution >= 4 is 32.4 Å². The first-order valence-corrected chi connectivity index (χ1v) is 9.67. The lowest BCUT2D eigenvalue weighted by atomic mass is 10.2. The number of morpholine rings is 1. The fraction of sp³-hybridized carbons (Fsp3) is 0.235. The number of H-pyrrole nitrogens is 2. The van der Waals surface area contributed by atoms with Crippen molar-refractivity contribution in [3.05, 3.63) is 52.9 Å². The van der Waals surface area contributed by atoms with Crippen LogP contribution < -0.4 is 15.3 Å². The monoisotopic (exact) mass is 374 g/mol. The van der Waals surface area contributed by atoms with Crippen LogP contribution in [0.25, 0.3) is 11.0 Å². The molecular weight excluding hydrogens is 356 g/mol. The summed E-state index contributed by atoms with van der Waals surface area (Å²) in [4.78, 5) is 18.7. The molecule has 0 bridgehead atoms. The van der Waals surface area contributed by atoms with E-state index in [1.54, 1.807) is 18.2 Å². The van der Waals surface area contributed by atoms with Gasteiger partial charge in [0.05, 0.1) is 29.1 Å². The first-order valence-electron chi connectivity index (χ1n) is 8.19. The predicted octanol–water partition coefficient (Wildman–Crippen LogP) is 1.49. The maximum absolute atomic E-state index is 12.6. The molecule has 0 unspecified atom stereocenters. The van der Waals surface area contributed by atoms with Crippen molar-refractivity contribution in [1.29, 1.82) is 0 Å². The van der Waals surface area contributed by atoms with Crippen molar-refractivity contribution in [1.82, 2.24) is 9.97 Å². The molecule has 3 N–H and O–H groups in total. The molecule has 3 aromatic rings. The van der Waals surface area contributed by atoms with Crippen molar-refractivity contribution in [2.45, 2.75) is 4.90 Å². The summed E-state index contributed by atoms with van der Waals surface area (Å²) < 4.78 is 33.1. The number of aromatic amines is 2. The van der Waals surface area contributed by atoms with E-state index in [2.05, 4.69) is 19.6 Å². The Morgan fingerprint density at radius 1 is 0.962 bits per heavy atom. The normalized spacial score (nSPS) is 15.3. The lowest BCUT2D eigenvalue weighted by Crippen LogP contribution is -2.36. The van der Waals surface area contributed by atoms with Gasteiger partial charge in [-0.3, -0.25) is 4.72 Å². The predicted molar refractivity (Wildman–Crippen MR) is 99.2 cm³/mol. The highest BCUT2D eigenvalue weighted by molar-refractivity contribution is 7.92. The van der Waals surface area contributed by atoms with E-state index in [9.17, 15) is 13.2 Å². The van der Waals surface area contributed by atoms with Crippen molar-refractivity contribution < 1.29 is 13.2 Å². The molecule has 1 fully saturated rings. The van der Waals surface area contributed by atoms with E-state index in [4.69, 9.17) is 4.74 Å². The second-order valence-corrected chi connectivity index (χ2v) is 7.72. The van der Waals surface area contributed by atoms with Crippen LogP contribution >= 0.6 is 0 Å². The summed E-state index contributed by atoms with van der Waals surface area (Å²) in [5.74, 6) is 0. The van der Waals surface area contributed by atoms with Gasteiger partial charge in [0, 0.05) is 24.5 Å². The standard InChI is InChI=1S/C17H18N4O4S/c22-17-18-15-6-5-14(11-16(15)19-17)26(23,24)20-12-1-3-13(4-2-12)21-7-9-25-10-8-21/h1-6,11,20H,7-10H2,(H2,18,19,22).